The highest BCUT2D eigenvalue weighted by atomic mass is 35.5. The van der Waals surface area contributed by atoms with Crippen LogP contribution in [-0.2, 0) is 4.79 Å². The molecule has 0 radical (unpaired) electrons. The lowest BCUT2D eigenvalue weighted by molar-refractivity contribution is -0.120. The largest absolute Gasteiger partial charge is 0.355 e. The van der Waals surface area contributed by atoms with E-state index >= 15 is 0 Å². The van der Waals surface area contributed by atoms with Crippen LogP contribution >= 0.6 is 23.4 Å². The Hall–Kier alpha value is -0.670. The Labute approximate surface area is 112 Å². The van der Waals surface area contributed by atoms with Gasteiger partial charge in [-0.25, -0.2) is 0 Å². The fourth-order valence-electron chi connectivity index (χ4n) is 1.30. The third kappa shape index (κ3) is 5.46. The molecule has 1 aromatic carbocycles. The van der Waals surface area contributed by atoms with Crippen LogP contribution in [0.3, 0.4) is 0 Å². The Morgan fingerprint density at radius 1 is 1.41 bits per heavy atom. The van der Waals surface area contributed by atoms with Gasteiger partial charge in [0.2, 0.25) is 5.91 Å². The van der Waals surface area contributed by atoms with Gasteiger partial charge in [0.1, 0.15) is 0 Å². The van der Waals surface area contributed by atoms with Gasteiger partial charge in [-0.2, -0.15) is 0 Å². The number of amides is 1. The van der Waals surface area contributed by atoms with Crippen molar-refractivity contribution in [2.45, 2.75) is 36.8 Å². The van der Waals surface area contributed by atoms with Crippen molar-refractivity contribution in [1.82, 2.24) is 5.32 Å². The van der Waals surface area contributed by atoms with Crippen LogP contribution < -0.4 is 5.32 Å². The zero-order valence-electron chi connectivity index (χ0n) is 10.2. The molecule has 0 unspecified atom stereocenters. The maximum atomic E-state index is 11.7. The van der Waals surface area contributed by atoms with Gasteiger partial charge in [-0.1, -0.05) is 24.9 Å². The predicted octanol–water partition coefficient (Wildman–Crippen LogP) is 3.74. The number of hydrogen-bond acceptors (Lipinski definition) is 2. The van der Waals surface area contributed by atoms with Gasteiger partial charge in [0, 0.05) is 16.5 Å². The second-order valence-corrected chi connectivity index (χ2v) is 5.71. The molecule has 1 atom stereocenters. The summed E-state index contributed by atoms with van der Waals surface area (Å²) in [5, 5.41) is 3.57. The average molecular weight is 272 g/mol. The van der Waals surface area contributed by atoms with E-state index in [0.29, 0.717) is 0 Å². The lowest BCUT2D eigenvalue weighted by Gasteiger charge is -2.11. The van der Waals surface area contributed by atoms with Gasteiger partial charge >= 0.3 is 0 Å². The monoisotopic (exact) mass is 271 g/mol. The molecule has 1 aromatic rings. The summed E-state index contributed by atoms with van der Waals surface area (Å²) in [6.45, 7) is 4.79. The fraction of sp³-hybridized carbons (Fsp3) is 0.462. The minimum absolute atomic E-state index is 0.0759. The topological polar surface area (TPSA) is 29.1 Å². The van der Waals surface area contributed by atoms with Crippen LogP contribution in [-0.4, -0.2) is 17.7 Å². The van der Waals surface area contributed by atoms with Crippen molar-refractivity contribution >= 4 is 29.3 Å². The molecule has 0 aliphatic carbocycles. The molecule has 0 aromatic heterocycles. The first-order chi connectivity index (χ1) is 8.13. The van der Waals surface area contributed by atoms with Crippen LogP contribution in [0, 0.1) is 0 Å². The summed E-state index contributed by atoms with van der Waals surface area (Å²) in [4.78, 5) is 12.8. The lowest BCUT2D eigenvalue weighted by Crippen LogP contribution is -2.31. The Morgan fingerprint density at radius 2 is 2.06 bits per heavy atom. The zero-order valence-corrected chi connectivity index (χ0v) is 11.8. The maximum Gasteiger partial charge on any atom is 0.233 e. The first kappa shape index (κ1) is 14.4. The van der Waals surface area contributed by atoms with Crippen molar-refractivity contribution in [2.75, 3.05) is 6.54 Å². The quantitative estimate of drug-likeness (QED) is 0.631. The molecule has 0 spiro atoms. The Morgan fingerprint density at radius 3 is 2.65 bits per heavy atom. The summed E-state index contributed by atoms with van der Waals surface area (Å²) in [5.41, 5.74) is 0. The van der Waals surface area contributed by atoms with E-state index < -0.39 is 0 Å². The molecule has 0 saturated carbocycles. The van der Waals surface area contributed by atoms with E-state index in [1.54, 1.807) is 11.8 Å². The van der Waals surface area contributed by atoms with E-state index in [-0.39, 0.29) is 11.2 Å². The number of benzene rings is 1. The van der Waals surface area contributed by atoms with Crippen molar-refractivity contribution in [3.05, 3.63) is 29.3 Å². The zero-order chi connectivity index (χ0) is 12.7. The number of carbonyl (C=O) groups is 1. The Balaban J connectivity index is 2.40. The van der Waals surface area contributed by atoms with Crippen molar-refractivity contribution in [3.63, 3.8) is 0 Å². The second-order valence-electron chi connectivity index (χ2n) is 3.86. The summed E-state index contributed by atoms with van der Waals surface area (Å²) in [6, 6.07) is 7.54. The third-order valence-corrected chi connectivity index (χ3v) is 3.69. The number of rotatable bonds is 6. The molecule has 0 aliphatic heterocycles. The molecule has 0 fully saturated rings. The lowest BCUT2D eigenvalue weighted by atomic mass is 10.3. The van der Waals surface area contributed by atoms with Crippen LogP contribution in [0.25, 0.3) is 0 Å². The van der Waals surface area contributed by atoms with E-state index in [0.717, 1.165) is 29.3 Å². The standard InChI is InChI=1S/C13H18ClNOS/c1-3-4-9-15-13(16)10(2)17-12-7-5-11(14)6-8-12/h5-8,10H,3-4,9H2,1-2H3,(H,15,16)/t10-/m0/s1. The Bertz CT molecular complexity index is 353. The van der Waals surface area contributed by atoms with E-state index in [2.05, 4.69) is 12.2 Å². The SMILES string of the molecule is CCCCNC(=O)[C@H](C)Sc1ccc(Cl)cc1. The summed E-state index contributed by atoms with van der Waals surface area (Å²) < 4.78 is 0. The molecular weight excluding hydrogens is 254 g/mol. The number of unbranched alkanes of at least 4 members (excludes halogenated alkanes) is 1. The van der Waals surface area contributed by atoms with Crippen LogP contribution in [0.15, 0.2) is 29.2 Å². The van der Waals surface area contributed by atoms with Crippen molar-refractivity contribution < 1.29 is 4.79 Å². The van der Waals surface area contributed by atoms with Crippen LogP contribution in [0.4, 0.5) is 0 Å². The highest BCUT2D eigenvalue weighted by Crippen LogP contribution is 2.24. The number of carbonyl (C=O) groups excluding carboxylic acids is 1. The predicted molar refractivity (Wildman–Crippen MR) is 74.7 cm³/mol. The van der Waals surface area contributed by atoms with Gasteiger partial charge in [-0.15, -0.1) is 11.8 Å². The minimum atomic E-state index is -0.0759. The highest BCUT2D eigenvalue weighted by molar-refractivity contribution is 8.00. The molecule has 1 N–H and O–H groups in total. The van der Waals surface area contributed by atoms with E-state index in [4.69, 9.17) is 11.6 Å². The summed E-state index contributed by atoms with van der Waals surface area (Å²) in [5.74, 6) is 0.0957. The molecule has 94 valence electrons. The number of thioether (sulfide) groups is 1. The molecule has 2 nitrogen and oxygen atoms in total. The summed E-state index contributed by atoms with van der Waals surface area (Å²) in [7, 11) is 0. The number of nitrogens with one attached hydrogen (secondary N) is 1. The molecule has 0 saturated heterocycles. The van der Waals surface area contributed by atoms with Gasteiger partial charge in [0.15, 0.2) is 0 Å². The maximum absolute atomic E-state index is 11.7. The van der Waals surface area contributed by atoms with Crippen molar-refractivity contribution in [1.29, 1.82) is 0 Å². The van der Waals surface area contributed by atoms with Gasteiger partial charge in [-0.05, 0) is 37.6 Å². The van der Waals surface area contributed by atoms with Crippen LogP contribution in [0.1, 0.15) is 26.7 Å². The van der Waals surface area contributed by atoms with Crippen molar-refractivity contribution in [3.8, 4) is 0 Å². The molecule has 0 heterocycles. The van der Waals surface area contributed by atoms with E-state index in [1.165, 1.54) is 0 Å². The van der Waals surface area contributed by atoms with E-state index in [9.17, 15) is 4.79 Å². The molecule has 1 amide bonds. The van der Waals surface area contributed by atoms with Gasteiger partial charge in [-0.3, -0.25) is 4.79 Å². The summed E-state index contributed by atoms with van der Waals surface area (Å²) in [6.07, 6.45) is 2.13. The van der Waals surface area contributed by atoms with Gasteiger partial charge in [0.05, 0.1) is 5.25 Å². The second kappa shape index (κ2) is 7.62. The molecule has 4 heteroatoms. The van der Waals surface area contributed by atoms with Gasteiger partial charge in [0.25, 0.3) is 0 Å². The molecule has 1 rings (SSSR count). The minimum Gasteiger partial charge on any atom is -0.355 e. The number of halogens is 1. The smallest absolute Gasteiger partial charge is 0.233 e. The van der Waals surface area contributed by atoms with Gasteiger partial charge < -0.3 is 5.32 Å². The first-order valence-corrected chi connectivity index (χ1v) is 7.09. The molecular formula is C13H18ClNOS. The average Bonchev–Trinajstić information content (AvgIpc) is 2.32. The molecule has 17 heavy (non-hydrogen) atoms. The first-order valence-electron chi connectivity index (χ1n) is 5.83. The summed E-state index contributed by atoms with van der Waals surface area (Å²) >= 11 is 7.35. The normalized spacial score (nSPS) is 12.2. The Kier molecular flexibility index (Phi) is 6.45. The van der Waals surface area contributed by atoms with Crippen molar-refractivity contribution in [2.24, 2.45) is 0 Å². The molecule has 0 aliphatic rings. The fourth-order valence-corrected chi connectivity index (χ4v) is 2.32. The number of hydrogen-bond donors (Lipinski definition) is 1. The highest BCUT2D eigenvalue weighted by Gasteiger charge is 2.13. The van der Waals surface area contributed by atoms with E-state index in [1.807, 2.05) is 31.2 Å². The third-order valence-electron chi connectivity index (χ3n) is 2.33. The molecule has 0 bridgehead atoms. The van der Waals surface area contributed by atoms with Crippen LogP contribution in [0.5, 0.6) is 0 Å². The van der Waals surface area contributed by atoms with Crippen LogP contribution in [0.2, 0.25) is 5.02 Å².